The van der Waals surface area contributed by atoms with Crippen LogP contribution in [-0.2, 0) is 24.7 Å². The SMILES string of the molecule is O=C([C@H]1CCCN1C1=NS(=O)(=O)c2ccccc21)N1CCN([C@@H]2CCS(=O)(=O)C2)CC1. The van der Waals surface area contributed by atoms with Crippen molar-refractivity contribution in [2.75, 3.05) is 44.2 Å². The van der Waals surface area contributed by atoms with Crippen molar-refractivity contribution in [2.24, 2.45) is 4.40 Å². The zero-order valence-corrected chi connectivity index (χ0v) is 18.8. The maximum atomic E-state index is 13.3. The first-order valence-electron chi connectivity index (χ1n) is 10.7. The molecule has 1 amide bonds. The summed E-state index contributed by atoms with van der Waals surface area (Å²) < 4.78 is 52.5. The maximum absolute atomic E-state index is 13.3. The zero-order chi connectivity index (χ0) is 21.8. The van der Waals surface area contributed by atoms with Crippen molar-refractivity contribution in [1.29, 1.82) is 0 Å². The standard InChI is InChI=1S/C20H26N4O5S2/c25-20(23-11-9-22(10-12-23)15-7-13-30(26,27)14-15)17-5-3-8-24(17)19-16-4-1-2-6-18(16)31(28,29)21-19/h1-2,4,6,15,17H,3,5,7-14H2/t15-,17-/m1/s1. The third-order valence-electron chi connectivity index (χ3n) is 6.77. The van der Waals surface area contributed by atoms with Crippen LogP contribution >= 0.6 is 0 Å². The number of likely N-dealkylation sites (tertiary alicyclic amines) is 1. The molecule has 0 N–H and O–H groups in total. The summed E-state index contributed by atoms with van der Waals surface area (Å²) in [6.45, 7) is 3.04. The number of sulfonamides is 1. The van der Waals surface area contributed by atoms with Gasteiger partial charge in [0.1, 0.15) is 10.9 Å². The van der Waals surface area contributed by atoms with Gasteiger partial charge in [-0.1, -0.05) is 12.1 Å². The van der Waals surface area contributed by atoms with Crippen molar-refractivity contribution in [2.45, 2.75) is 36.2 Å². The van der Waals surface area contributed by atoms with E-state index in [2.05, 4.69) is 9.30 Å². The smallest absolute Gasteiger partial charge is 0.285 e. The average Bonchev–Trinajstić information content (AvgIpc) is 3.44. The van der Waals surface area contributed by atoms with E-state index in [1.165, 1.54) is 0 Å². The van der Waals surface area contributed by atoms with Crippen LogP contribution in [0.15, 0.2) is 33.6 Å². The molecular formula is C20H26N4O5S2. The lowest BCUT2D eigenvalue weighted by Gasteiger charge is -2.39. The number of hydrogen-bond donors (Lipinski definition) is 0. The highest BCUT2D eigenvalue weighted by Crippen LogP contribution is 2.32. The Balaban J connectivity index is 1.29. The van der Waals surface area contributed by atoms with Gasteiger partial charge >= 0.3 is 0 Å². The van der Waals surface area contributed by atoms with Crippen LogP contribution in [0, 0.1) is 0 Å². The van der Waals surface area contributed by atoms with Crippen LogP contribution in [0.25, 0.3) is 0 Å². The van der Waals surface area contributed by atoms with Crippen LogP contribution in [0.2, 0.25) is 0 Å². The first-order chi connectivity index (χ1) is 14.8. The molecule has 0 radical (unpaired) electrons. The van der Waals surface area contributed by atoms with Gasteiger partial charge in [-0.05, 0) is 31.4 Å². The van der Waals surface area contributed by atoms with Crippen molar-refractivity contribution < 1.29 is 21.6 Å². The monoisotopic (exact) mass is 466 g/mol. The summed E-state index contributed by atoms with van der Waals surface area (Å²) in [4.78, 5) is 19.4. The van der Waals surface area contributed by atoms with E-state index in [0.717, 1.165) is 6.42 Å². The maximum Gasteiger partial charge on any atom is 0.285 e. The van der Waals surface area contributed by atoms with Crippen LogP contribution in [0.5, 0.6) is 0 Å². The molecule has 4 heterocycles. The van der Waals surface area contributed by atoms with Crippen molar-refractivity contribution in [3.05, 3.63) is 29.8 Å². The highest BCUT2D eigenvalue weighted by Gasteiger charge is 2.41. The Kier molecular flexibility index (Phi) is 5.10. The summed E-state index contributed by atoms with van der Waals surface area (Å²) >= 11 is 0. The normalized spacial score (nSPS) is 29.7. The minimum absolute atomic E-state index is 0.000623. The number of piperazine rings is 1. The van der Waals surface area contributed by atoms with Crippen molar-refractivity contribution in [1.82, 2.24) is 14.7 Å². The van der Waals surface area contributed by atoms with Crippen LogP contribution < -0.4 is 0 Å². The van der Waals surface area contributed by atoms with E-state index in [1.54, 1.807) is 24.3 Å². The molecule has 4 aliphatic rings. The number of fused-ring (bicyclic) bond motifs is 1. The Morgan fingerprint density at radius 1 is 0.968 bits per heavy atom. The number of nitrogens with zero attached hydrogens (tertiary/aromatic N) is 4. The molecule has 0 aromatic heterocycles. The van der Waals surface area contributed by atoms with Gasteiger partial charge in [0, 0.05) is 44.3 Å². The van der Waals surface area contributed by atoms with E-state index in [-0.39, 0.29) is 28.4 Å². The molecular weight excluding hydrogens is 440 g/mol. The lowest BCUT2D eigenvalue weighted by molar-refractivity contribution is -0.136. The topological polar surface area (TPSA) is 107 Å². The number of hydrogen-bond acceptors (Lipinski definition) is 7. The molecule has 5 rings (SSSR count). The van der Waals surface area contributed by atoms with Gasteiger partial charge < -0.3 is 9.80 Å². The van der Waals surface area contributed by atoms with Gasteiger partial charge in [0.05, 0.1) is 11.5 Å². The molecule has 0 bridgehead atoms. The molecule has 0 spiro atoms. The predicted molar refractivity (Wildman–Crippen MR) is 115 cm³/mol. The Morgan fingerprint density at radius 3 is 2.42 bits per heavy atom. The molecule has 168 valence electrons. The van der Waals surface area contributed by atoms with E-state index in [1.807, 2.05) is 9.80 Å². The van der Waals surface area contributed by atoms with Crippen LogP contribution in [0.3, 0.4) is 0 Å². The van der Waals surface area contributed by atoms with E-state index < -0.39 is 25.9 Å². The Hall–Kier alpha value is -1.98. The fourth-order valence-electron chi connectivity index (χ4n) is 5.15. The minimum atomic E-state index is -3.73. The second-order valence-electron chi connectivity index (χ2n) is 8.66. The first-order valence-corrected chi connectivity index (χ1v) is 14.0. The van der Waals surface area contributed by atoms with Gasteiger partial charge in [-0.3, -0.25) is 9.69 Å². The molecule has 11 heteroatoms. The van der Waals surface area contributed by atoms with Crippen molar-refractivity contribution >= 4 is 31.6 Å². The largest absolute Gasteiger partial charge is 0.343 e. The number of amides is 1. The summed E-state index contributed by atoms with van der Waals surface area (Å²) in [6.07, 6.45) is 2.14. The van der Waals surface area contributed by atoms with Crippen molar-refractivity contribution in [3.63, 3.8) is 0 Å². The summed E-state index contributed by atoms with van der Waals surface area (Å²) in [5, 5.41) is 0. The van der Waals surface area contributed by atoms with Crippen molar-refractivity contribution in [3.8, 4) is 0 Å². The van der Waals surface area contributed by atoms with Gasteiger partial charge in [-0.25, -0.2) is 8.42 Å². The van der Waals surface area contributed by atoms with Gasteiger partial charge in [0.25, 0.3) is 10.0 Å². The van der Waals surface area contributed by atoms with Crippen LogP contribution in [0.1, 0.15) is 24.8 Å². The quantitative estimate of drug-likeness (QED) is 0.601. The molecule has 0 unspecified atom stereocenters. The molecule has 31 heavy (non-hydrogen) atoms. The summed E-state index contributed by atoms with van der Waals surface area (Å²) in [5.41, 5.74) is 0.564. The van der Waals surface area contributed by atoms with Crippen LogP contribution in [0.4, 0.5) is 0 Å². The second kappa shape index (κ2) is 7.56. The molecule has 1 aromatic rings. The van der Waals surface area contributed by atoms with E-state index in [9.17, 15) is 21.6 Å². The molecule has 0 saturated carbocycles. The predicted octanol–water partition coefficient (Wildman–Crippen LogP) is -0.0688. The highest BCUT2D eigenvalue weighted by atomic mass is 32.2. The first kappa shape index (κ1) is 20.9. The molecule has 9 nitrogen and oxygen atoms in total. The van der Waals surface area contributed by atoms with Crippen LogP contribution in [-0.4, -0.2) is 99.6 Å². The average molecular weight is 467 g/mol. The molecule has 1 aromatic carbocycles. The molecule has 0 aliphatic carbocycles. The Bertz CT molecular complexity index is 1140. The number of carbonyl (C=O) groups is 1. The Labute approximate surface area is 182 Å². The van der Waals surface area contributed by atoms with Gasteiger partial charge in [0.15, 0.2) is 15.7 Å². The number of rotatable bonds is 2. The lowest BCUT2D eigenvalue weighted by atomic mass is 10.1. The summed E-state index contributed by atoms with van der Waals surface area (Å²) in [7, 11) is -6.66. The third-order valence-corrected chi connectivity index (χ3v) is 9.85. The summed E-state index contributed by atoms with van der Waals surface area (Å²) in [5.74, 6) is 0.840. The highest BCUT2D eigenvalue weighted by molar-refractivity contribution is 7.91. The van der Waals surface area contributed by atoms with E-state index >= 15 is 0 Å². The number of sulfone groups is 1. The fraction of sp³-hybridized carbons (Fsp3) is 0.600. The van der Waals surface area contributed by atoms with Gasteiger partial charge in [0.2, 0.25) is 5.91 Å². The third kappa shape index (κ3) is 3.76. The van der Waals surface area contributed by atoms with E-state index in [0.29, 0.717) is 57.0 Å². The second-order valence-corrected chi connectivity index (χ2v) is 12.5. The molecule has 3 fully saturated rings. The Morgan fingerprint density at radius 2 is 1.71 bits per heavy atom. The zero-order valence-electron chi connectivity index (χ0n) is 17.2. The number of carbonyl (C=O) groups excluding carboxylic acids is 1. The number of amidine groups is 1. The van der Waals surface area contributed by atoms with Gasteiger partial charge in [-0.2, -0.15) is 8.42 Å². The van der Waals surface area contributed by atoms with Gasteiger partial charge in [-0.15, -0.1) is 4.40 Å². The molecule has 4 aliphatic heterocycles. The lowest BCUT2D eigenvalue weighted by Crippen LogP contribution is -2.56. The minimum Gasteiger partial charge on any atom is -0.343 e. The molecule has 2 atom stereocenters. The molecule has 3 saturated heterocycles. The fourth-order valence-corrected chi connectivity index (χ4v) is 8.13. The van der Waals surface area contributed by atoms with E-state index in [4.69, 9.17) is 0 Å². The number of benzene rings is 1. The summed E-state index contributed by atoms with van der Waals surface area (Å²) in [6, 6.07) is 6.39.